The lowest BCUT2D eigenvalue weighted by atomic mass is 10.0. The van der Waals surface area contributed by atoms with Crippen molar-refractivity contribution in [2.45, 2.75) is 13.5 Å². The summed E-state index contributed by atoms with van der Waals surface area (Å²) in [6.45, 7) is 6.26. The summed E-state index contributed by atoms with van der Waals surface area (Å²) in [4.78, 5) is 34.8. The van der Waals surface area contributed by atoms with E-state index in [-0.39, 0.29) is 12.1 Å². The van der Waals surface area contributed by atoms with E-state index in [4.69, 9.17) is 4.98 Å². The van der Waals surface area contributed by atoms with Gasteiger partial charge in [0.25, 0.3) is 5.56 Å². The summed E-state index contributed by atoms with van der Waals surface area (Å²) in [6.07, 6.45) is 8.89. The van der Waals surface area contributed by atoms with Crippen molar-refractivity contribution >= 4 is 28.4 Å². The normalized spacial score (nSPS) is 13.2. The topological polar surface area (TPSA) is 101 Å². The fraction of sp³-hybridized carbons (Fsp3) is 0.171. The number of rotatable bonds is 7. The van der Waals surface area contributed by atoms with Crippen LogP contribution in [-0.4, -0.2) is 50.7 Å². The molecule has 1 saturated heterocycles. The van der Waals surface area contributed by atoms with Crippen LogP contribution in [0.25, 0.3) is 33.3 Å². The minimum Gasteiger partial charge on any atom is -0.369 e. The van der Waals surface area contributed by atoms with Gasteiger partial charge in [0, 0.05) is 79.5 Å². The highest BCUT2D eigenvalue weighted by Gasteiger charge is 2.17. The Labute approximate surface area is 255 Å². The summed E-state index contributed by atoms with van der Waals surface area (Å²) < 4.78 is 1.74. The average Bonchev–Trinajstić information content (AvgIpc) is 3.08. The zero-order valence-corrected chi connectivity index (χ0v) is 24.4. The number of pyridine rings is 3. The first-order chi connectivity index (χ1) is 21.6. The van der Waals surface area contributed by atoms with Crippen LogP contribution in [0.15, 0.2) is 109 Å². The predicted octanol–water partition coefficient (Wildman–Crippen LogP) is 5.43. The molecule has 5 heterocycles. The SMILES string of the molecule is Cc1ccccc1-c1cc2cnc(Nc3ccc(N4CCNCC4)cc3)nc2n(Cc2cnccc2-c2ccncc2)c1=O. The molecule has 6 aromatic rings. The molecule has 4 aromatic heterocycles. The van der Waals surface area contributed by atoms with Gasteiger partial charge in [-0.15, -0.1) is 0 Å². The molecule has 0 radical (unpaired) electrons. The minimum atomic E-state index is -0.124. The summed E-state index contributed by atoms with van der Waals surface area (Å²) in [7, 11) is 0. The van der Waals surface area contributed by atoms with Crippen molar-refractivity contribution in [2.24, 2.45) is 0 Å². The third-order valence-corrected chi connectivity index (χ3v) is 8.09. The minimum absolute atomic E-state index is 0.124. The third kappa shape index (κ3) is 5.52. The van der Waals surface area contributed by atoms with E-state index in [1.165, 1.54) is 5.69 Å². The number of aromatic nitrogens is 5. The fourth-order valence-corrected chi connectivity index (χ4v) is 5.78. The summed E-state index contributed by atoms with van der Waals surface area (Å²) in [6, 6.07) is 24.0. The lowest BCUT2D eigenvalue weighted by molar-refractivity contribution is 0.589. The summed E-state index contributed by atoms with van der Waals surface area (Å²) in [5, 5.41) is 7.51. The van der Waals surface area contributed by atoms with Gasteiger partial charge < -0.3 is 15.5 Å². The van der Waals surface area contributed by atoms with E-state index in [2.05, 4.69) is 42.6 Å². The number of nitrogens with one attached hydrogen (secondary N) is 2. The first kappa shape index (κ1) is 27.4. The van der Waals surface area contributed by atoms with Gasteiger partial charge in [-0.25, -0.2) is 4.98 Å². The predicted molar refractivity (Wildman–Crippen MR) is 175 cm³/mol. The Morgan fingerprint density at radius 3 is 2.41 bits per heavy atom. The van der Waals surface area contributed by atoms with Crippen molar-refractivity contribution in [3.8, 4) is 22.3 Å². The molecule has 1 fully saturated rings. The fourth-order valence-electron chi connectivity index (χ4n) is 5.78. The zero-order valence-electron chi connectivity index (χ0n) is 24.4. The molecular weight excluding hydrogens is 548 g/mol. The van der Waals surface area contributed by atoms with E-state index < -0.39 is 0 Å². The summed E-state index contributed by atoms with van der Waals surface area (Å²) >= 11 is 0. The maximum atomic E-state index is 14.3. The Hall–Kier alpha value is -5.41. The maximum Gasteiger partial charge on any atom is 0.260 e. The summed E-state index contributed by atoms with van der Waals surface area (Å²) in [5.74, 6) is 0.421. The van der Waals surface area contributed by atoms with E-state index in [9.17, 15) is 4.79 Å². The molecule has 44 heavy (non-hydrogen) atoms. The zero-order chi connectivity index (χ0) is 29.9. The van der Waals surface area contributed by atoms with Crippen molar-refractivity contribution in [1.82, 2.24) is 29.8 Å². The number of nitrogens with zero attached hydrogens (tertiary/aromatic N) is 6. The van der Waals surface area contributed by atoms with Crippen molar-refractivity contribution in [3.63, 3.8) is 0 Å². The number of aryl methyl sites for hydroxylation is 1. The van der Waals surface area contributed by atoms with Gasteiger partial charge in [0.05, 0.1) is 6.54 Å². The van der Waals surface area contributed by atoms with Crippen LogP contribution >= 0.6 is 0 Å². The molecule has 0 bridgehead atoms. The molecule has 9 nitrogen and oxygen atoms in total. The molecule has 0 aliphatic carbocycles. The Morgan fingerprint density at radius 1 is 0.841 bits per heavy atom. The van der Waals surface area contributed by atoms with Gasteiger partial charge in [0.15, 0.2) is 0 Å². The highest BCUT2D eigenvalue weighted by Crippen LogP contribution is 2.27. The average molecular weight is 581 g/mol. The highest BCUT2D eigenvalue weighted by atomic mass is 16.1. The van der Waals surface area contributed by atoms with E-state index in [0.29, 0.717) is 17.2 Å². The summed E-state index contributed by atoms with van der Waals surface area (Å²) in [5.41, 5.74) is 7.91. The smallest absolute Gasteiger partial charge is 0.260 e. The van der Waals surface area contributed by atoms with Crippen molar-refractivity contribution in [1.29, 1.82) is 0 Å². The molecule has 218 valence electrons. The van der Waals surface area contributed by atoms with E-state index in [1.807, 2.05) is 73.8 Å². The van der Waals surface area contributed by atoms with Crippen LogP contribution in [0.2, 0.25) is 0 Å². The largest absolute Gasteiger partial charge is 0.369 e. The number of benzene rings is 2. The van der Waals surface area contributed by atoms with Gasteiger partial charge in [-0.05, 0) is 83.3 Å². The van der Waals surface area contributed by atoms with E-state index in [1.54, 1.807) is 29.4 Å². The number of fused-ring (bicyclic) bond motifs is 1. The first-order valence-corrected chi connectivity index (χ1v) is 14.8. The molecule has 2 aromatic carbocycles. The second-order valence-corrected chi connectivity index (χ2v) is 10.9. The quantitative estimate of drug-likeness (QED) is 0.258. The molecule has 2 N–H and O–H groups in total. The van der Waals surface area contributed by atoms with Gasteiger partial charge in [-0.2, -0.15) is 4.98 Å². The van der Waals surface area contributed by atoms with Crippen molar-refractivity contribution in [3.05, 3.63) is 125 Å². The Morgan fingerprint density at radius 2 is 1.61 bits per heavy atom. The van der Waals surface area contributed by atoms with Crippen LogP contribution in [0.5, 0.6) is 0 Å². The molecule has 0 unspecified atom stereocenters. The lowest BCUT2D eigenvalue weighted by Gasteiger charge is -2.29. The number of hydrogen-bond acceptors (Lipinski definition) is 8. The molecule has 7 rings (SSSR count). The standard InChI is InChI=1S/C35H32N8O/c1-24-4-2-3-5-30(24)32-20-26-22-39-35(40-28-6-8-29(9-7-28)42-18-16-37-17-19-42)41-33(26)43(34(32)44)23-27-21-38-15-12-31(27)25-10-13-36-14-11-25/h2-15,20-22,37H,16-19,23H2,1H3,(H,39,40,41). The van der Waals surface area contributed by atoms with Crippen LogP contribution < -0.4 is 21.1 Å². The van der Waals surface area contributed by atoms with Crippen molar-refractivity contribution < 1.29 is 0 Å². The van der Waals surface area contributed by atoms with Gasteiger partial charge in [0.2, 0.25) is 5.95 Å². The second kappa shape index (κ2) is 12.1. The van der Waals surface area contributed by atoms with E-state index >= 15 is 0 Å². The van der Waals surface area contributed by atoms with Gasteiger partial charge in [0.1, 0.15) is 5.65 Å². The molecule has 9 heteroatoms. The first-order valence-electron chi connectivity index (χ1n) is 14.8. The Balaban J connectivity index is 1.30. The van der Waals surface area contributed by atoms with Crippen molar-refractivity contribution in [2.75, 3.05) is 36.4 Å². The van der Waals surface area contributed by atoms with Gasteiger partial charge in [-0.3, -0.25) is 19.3 Å². The number of hydrogen-bond donors (Lipinski definition) is 2. The molecule has 0 atom stereocenters. The third-order valence-electron chi connectivity index (χ3n) is 8.09. The maximum absolute atomic E-state index is 14.3. The van der Waals surface area contributed by atoms with Crippen LogP contribution in [-0.2, 0) is 6.54 Å². The van der Waals surface area contributed by atoms with Gasteiger partial charge in [-0.1, -0.05) is 24.3 Å². The molecular formula is C35H32N8O. The second-order valence-electron chi connectivity index (χ2n) is 10.9. The molecule has 0 saturated carbocycles. The Kier molecular flexibility index (Phi) is 7.52. The van der Waals surface area contributed by atoms with Crippen LogP contribution in [0, 0.1) is 6.92 Å². The van der Waals surface area contributed by atoms with Crippen LogP contribution in [0.4, 0.5) is 17.3 Å². The van der Waals surface area contributed by atoms with Gasteiger partial charge >= 0.3 is 0 Å². The van der Waals surface area contributed by atoms with E-state index in [0.717, 1.165) is 65.1 Å². The molecule has 1 aliphatic heterocycles. The lowest BCUT2D eigenvalue weighted by Crippen LogP contribution is -2.43. The number of piperazine rings is 1. The van der Waals surface area contributed by atoms with Crippen LogP contribution in [0.1, 0.15) is 11.1 Å². The highest BCUT2D eigenvalue weighted by molar-refractivity contribution is 5.83. The Bertz CT molecular complexity index is 1980. The molecule has 0 spiro atoms. The number of anilines is 3. The molecule has 1 aliphatic rings. The molecule has 0 amide bonds. The monoisotopic (exact) mass is 580 g/mol. The van der Waals surface area contributed by atoms with Crippen LogP contribution in [0.3, 0.4) is 0 Å².